The molecule has 0 fully saturated rings. The molecule has 0 radical (unpaired) electrons. The first kappa shape index (κ1) is 11.9. The van der Waals surface area contributed by atoms with Gasteiger partial charge in [-0.2, -0.15) is 0 Å². The molecule has 2 heteroatoms. The summed E-state index contributed by atoms with van der Waals surface area (Å²) in [5.41, 5.74) is 0.488. The van der Waals surface area contributed by atoms with Crippen molar-refractivity contribution in [3.63, 3.8) is 0 Å². The van der Waals surface area contributed by atoms with Crippen LogP contribution in [0.4, 0.5) is 0 Å². The van der Waals surface area contributed by atoms with E-state index >= 15 is 0 Å². The van der Waals surface area contributed by atoms with E-state index in [9.17, 15) is 10.2 Å². The average Bonchev–Trinajstić information content (AvgIpc) is 2.33. The third-order valence-electron chi connectivity index (χ3n) is 3.83. The molecule has 3 unspecified atom stereocenters. The fourth-order valence-electron chi connectivity index (χ4n) is 2.33. The maximum atomic E-state index is 10.1. The molecule has 2 nitrogen and oxygen atoms in total. The second-order valence-corrected chi connectivity index (χ2v) is 4.84. The van der Waals surface area contributed by atoms with Crippen LogP contribution >= 0.6 is 0 Å². The second kappa shape index (κ2) is 4.38. The summed E-state index contributed by atoms with van der Waals surface area (Å²) in [6, 6.07) is 7.30. The van der Waals surface area contributed by atoms with Gasteiger partial charge in [0, 0.05) is 5.41 Å². The Balaban J connectivity index is 2.38. The van der Waals surface area contributed by atoms with Crippen molar-refractivity contribution in [3.05, 3.63) is 54.1 Å². The number of aromatic hydroxyl groups is 1. The van der Waals surface area contributed by atoms with E-state index in [-0.39, 0.29) is 17.1 Å². The SMILES string of the molecule is CC(c1ccccc1O)C1(C)C=CC=CC1O. The molecule has 0 aliphatic heterocycles. The van der Waals surface area contributed by atoms with Gasteiger partial charge in [-0.3, -0.25) is 0 Å². The van der Waals surface area contributed by atoms with Crippen LogP contribution in [0.3, 0.4) is 0 Å². The largest absolute Gasteiger partial charge is 0.508 e. The minimum atomic E-state index is -0.526. The molecule has 2 rings (SSSR count). The topological polar surface area (TPSA) is 40.5 Å². The van der Waals surface area contributed by atoms with Crippen molar-refractivity contribution < 1.29 is 10.2 Å². The van der Waals surface area contributed by atoms with E-state index < -0.39 is 6.10 Å². The smallest absolute Gasteiger partial charge is 0.119 e. The predicted molar refractivity (Wildman–Crippen MR) is 68.9 cm³/mol. The molecule has 0 bridgehead atoms. The third kappa shape index (κ3) is 2.01. The van der Waals surface area contributed by atoms with Crippen molar-refractivity contribution in [3.8, 4) is 5.75 Å². The predicted octanol–water partition coefficient (Wildman–Crippen LogP) is 2.99. The summed E-state index contributed by atoms with van der Waals surface area (Å²) in [5, 5.41) is 20.0. The number of para-hydroxylation sites is 1. The molecular formula is C15H18O2. The van der Waals surface area contributed by atoms with Crippen LogP contribution in [-0.2, 0) is 0 Å². The number of phenols is 1. The van der Waals surface area contributed by atoms with Gasteiger partial charge in [0.15, 0.2) is 0 Å². The quantitative estimate of drug-likeness (QED) is 0.820. The van der Waals surface area contributed by atoms with Crippen molar-refractivity contribution in [2.75, 3.05) is 0 Å². The minimum Gasteiger partial charge on any atom is -0.508 e. The molecule has 1 aliphatic carbocycles. The van der Waals surface area contributed by atoms with Crippen LogP contribution < -0.4 is 0 Å². The minimum absolute atomic E-state index is 0.0416. The highest BCUT2D eigenvalue weighted by Crippen LogP contribution is 2.44. The van der Waals surface area contributed by atoms with Gasteiger partial charge < -0.3 is 10.2 Å². The summed E-state index contributed by atoms with van der Waals surface area (Å²) in [4.78, 5) is 0. The number of benzene rings is 1. The Hall–Kier alpha value is -1.54. The molecule has 0 heterocycles. The van der Waals surface area contributed by atoms with E-state index in [4.69, 9.17) is 0 Å². The maximum Gasteiger partial charge on any atom is 0.119 e. The molecule has 0 aromatic heterocycles. The molecule has 1 aromatic carbocycles. The van der Waals surface area contributed by atoms with Crippen molar-refractivity contribution in [2.45, 2.75) is 25.9 Å². The highest BCUT2D eigenvalue weighted by Gasteiger charge is 2.37. The van der Waals surface area contributed by atoms with Crippen LogP contribution in [0, 0.1) is 5.41 Å². The first-order chi connectivity index (χ1) is 8.05. The van der Waals surface area contributed by atoms with E-state index in [2.05, 4.69) is 0 Å². The van der Waals surface area contributed by atoms with Crippen LogP contribution in [0.1, 0.15) is 25.3 Å². The summed E-state index contributed by atoms with van der Waals surface area (Å²) in [6.07, 6.45) is 7.07. The molecule has 17 heavy (non-hydrogen) atoms. The van der Waals surface area contributed by atoms with Crippen LogP contribution in [0.5, 0.6) is 5.75 Å². The van der Waals surface area contributed by atoms with E-state index in [1.807, 2.05) is 44.2 Å². The highest BCUT2D eigenvalue weighted by atomic mass is 16.3. The van der Waals surface area contributed by atoms with Gasteiger partial charge in [-0.1, -0.05) is 56.4 Å². The van der Waals surface area contributed by atoms with Gasteiger partial charge in [0.25, 0.3) is 0 Å². The molecule has 0 spiro atoms. The lowest BCUT2D eigenvalue weighted by atomic mass is 9.69. The standard InChI is InChI=1S/C15H18O2/c1-11(12-7-3-4-8-13(12)16)15(2)10-6-5-9-14(15)17/h3-11,14,16-17H,1-2H3. The lowest BCUT2D eigenvalue weighted by Gasteiger charge is -2.38. The molecule has 0 saturated carbocycles. The van der Waals surface area contributed by atoms with Crippen LogP contribution in [0.25, 0.3) is 0 Å². The van der Waals surface area contributed by atoms with Gasteiger partial charge in [0.1, 0.15) is 5.75 Å². The Morgan fingerprint density at radius 2 is 1.94 bits per heavy atom. The van der Waals surface area contributed by atoms with Gasteiger partial charge >= 0.3 is 0 Å². The summed E-state index contributed by atoms with van der Waals surface area (Å²) in [6.45, 7) is 4.04. The van der Waals surface area contributed by atoms with E-state index in [1.54, 1.807) is 18.2 Å². The second-order valence-electron chi connectivity index (χ2n) is 4.84. The fourth-order valence-corrected chi connectivity index (χ4v) is 2.33. The maximum absolute atomic E-state index is 10.1. The normalized spacial score (nSPS) is 29.2. The lowest BCUT2D eigenvalue weighted by molar-refractivity contribution is 0.0923. The average molecular weight is 230 g/mol. The molecular weight excluding hydrogens is 212 g/mol. The van der Waals surface area contributed by atoms with E-state index in [1.165, 1.54) is 0 Å². The van der Waals surface area contributed by atoms with E-state index in [0.29, 0.717) is 0 Å². The van der Waals surface area contributed by atoms with Gasteiger partial charge in [0.2, 0.25) is 0 Å². The number of aliphatic hydroxyl groups excluding tert-OH is 1. The van der Waals surface area contributed by atoms with Crippen molar-refractivity contribution in [1.82, 2.24) is 0 Å². The highest BCUT2D eigenvalue weighted by molar-refractivity contribution is 5.38. The van der Waals surface area contributed by atoms with Gasteiger partial charge in [-0.15, -0.1) is 0 Å². The zero-order chi connectivity index (χ0) is 12.5. The number of hydrogen-bond acceptors (Lipinski definition) is 2. The van der Waals surface area contributed by atoms with Gasteiger partial charge in [0.05, 0.1) is 6.10 Å². The Labute approximate surface area is 102 Å². The van der Waals surface area contributed by atoms with Crippen LogP contribution in [-0.4, -0.2) is 16.3 Å². The molecule has 90 valence electrons. The van der Waals surface area contributed by atoms with Crippen LogP contribution in [0.2, 0.25) is 0 Å². The molecule has 0 amide bonds. The van der Waals surface area contributed by atoms with Crippen molar-refractivity contribution in [2.24, 2.45) is 5.41 Å². The molecule has 2 N–H and O–H groups in total. The Morgan fingerprint density at radius 1 is 1.24 bits per heavy atom. The zero-order valence-corrected chi connectivity index (χ0v) is 10.2. The van der Waals surface area contributed by atoms with E-state index in [0.717, 1.165) is 5.56 Å². The molecule has 1 aromatic rings. The van der Waals surface area contributed by atoms with Crippen LogP contribution in [0.15, 0.2) is 48.6 Å². The number of allylic oxidation sites excluding steroid dienone is 2. The first-order valence-corrected chi connectivity index (χ1v) is 5.87. The first-order valence-electron chi connectivity index (χ1n) is 5.87. The number of phenolic OH excluding ortho intramolecular Hbond substituents is 1. The molecule has 3 atom stereocenters. The summed E-state index contributed by atoms with van der Waals surface area (Å²) < 4.78 is 0. The Morgan fingerprint density at radius 3 is 2.59 bits per heavy atom. The Bertz CT molecular complexity index is 462. The van der Waals surface area contributed by atoms with Crippen molar-refractivity contribution >= 4 is 0 Å². The lowest BCUT2D eigenvalue weighted by Crippen LogP contribution is -2.35. The fraction of sp³-hybridized carbons (Fsp3) is 0.333. The number of aliphatic hydroxyl groups is 1. The summed E-state index contributed by atoms with van der Waals surface area (Å²) >= 11 is 0. The van der Waals surface area contributed by atoms with Crippen molar-refractivity contribution in [1.29, 1.82) is 0 Å². The van der Waals surface area contributed by atoms with Gasteiger partial charge in [-0.05, 0) is 17.5 Å². The number of rotatable bonds is 2. The third-order valence-corrected chi connectivity index (χ3v) is 3.83. The van der Waals surface area contributed by atoms with Gasteiger partial charge in [-0.25, -0.2) is 0 Å². The Kier molecular flexibility index (Phi) is 3.07. The molecule has 1 aliphatic rings. The molecule has 0 saturated heterocycles. The number of hydrogen-bond donors (Lipinski definition) is 2. The monoisotopic (exact) mass is 230 g/mol. The summed E-state index contributed by atoms with van der Waals surface area (Å²) in [5.74, 6) is 0.330. The summed E-state index contributed by atoms with van der Waals surface area (Å²) in [7, 11) is 0. The zero-order valence-electron chi connectivity index (χ0n) is 10.2.